The predicted molar refractivity (Wildman–Crippen MR) is 151 cm³/mol. The topological polar surface area (TPSA) is 58.6 Å². The molecule has 1 aromatic heterocycles. The number of hydrogen-bond acceptors (Lipinski definition) is 4. The van der Waals surface area contributed by atoms with E-state index < -0.39 is 5.54 Å². The second-order valence-corrected chi connectivity index (χ2v) is 11.0. The maximum atomic E-state index is 13.7. The number of rotatable bonds is 8. The molecule has 3 unspecified atom stereocenters. The lowest BCUT2D eigenvalue weighted by Crippen LogP contribution is -2.48. The molecule has 2 fully saturated rings. The standard InChI is InChI=1S/C32H27FN2O3S/c33-24-10-14-26(15-11-24)38-27-16-12-25(13-17-27)34-31(37)32-20-29(32)23(9-8-22-5-2-1-3-6-22)21-35(32)30(36)19-28-7-4-18-39-28/h1-18,23,29H,19-21H2,(H,34,37)/b9-8+. The Bertz CT molecular complexity index is 1490. The van der Waals surface area contributed by atoms with Gasteiger partial charge in [0.2, 0.25) is 5.91 Å². The third-order valence-corrected chi connectivity index (χ3v) is 8.35. The van der Waals surface area contributed by atoms with Crippen LogP contribution in [0.5, 0.6) is 11.5 Å². The summed E-state index contributed by atoms with van der Waals surface area (Å²) >= 11 is 1.55. The Morgan fingerprint density at radius 3 is 2.38 bits per heavy atom. The zero-order valence-electron chi connectivity index (χ0n) is 21.1. The number of carbonyl (C=O) groups is 2. The third kappa shape index (κ3) is 5.22. The van der Waals surface area contributed by atoms with Crippen LogP contribution in [0.3, 0.4) is 0 Å². The van der Waals surface area contributed by atoms with E-state index in [0.29, 0.717) is 36.6 Å². The molecular weight excluding hydrogens is 511 g/mol. The second-order valence-electron chi connectivity index (χ2n) is 9.96. The zero-order chi connectivity index (χ0) is 26.8. The van der Waals surface area contributed by atoms with Crippen LogP contribution < -0.4 is 10.1 Å². The number of fused-ring (bicyclic) bond motifs is 1. The molecule has 196 valence electrons. The number of likely N-dealkylation sites (tertiary alicyclic amines) is 1. The molecule has 1 saturated heterocycles. The number of amides is 2. The van der Waals surface area contributed by atoms with Gasteiger partial charge in [-0.2, -0.15) is 0 Å². The highest BCUT2D eigenvalue weighted by Gasteiger charge is 2.71. The highest BCUT2D eigenvalue weighted by Crippen LogP contribution is 2.59. The first kappa shape index (κ1) is 25.1. The number of carbonyl (C=O) groups excluding carboxylic acids is 2. The Morgan fingerprint density at radius 1 is 0.974 bits per heavy atom. The van der Waals surface area contributed by atoms with Gasteiger partial charge in [-0.3, -0.25) is 9.59 Å². The molecule has 4 aromatic rings. The lowest BCUT2D eigenvalue weighted by molar-refractivity contribution is -0.138. The summed E-state index contributed by atoms with van der Waals surface area (Å²) in [6.45, 7) is 0.524. The molecule has 6 rings (SSSR count). The van der Waals surface area contributed by atoms with Crippen molar-refractivity contribution in [2.75, 3.05) is 11.9 Å². The summed E-state index contributed by atoms with van der Waals surface area (Å²) in [6, 6.07) is 26.8. The zero-order valence-corrected chi connectivity index (χ0v) is 21.9. The Balaban J connectivity index is 1.18. The fourth-order valence-electron chi connectivity index (χ4n) is 5.44. The van der Waals surface area contributed by atoms with Gasteiger partial charge in [0.1, 0.15) is 22.9 Å². The van der Waals surface area contributed by atoms with Crippen LogP contribution in [-0.4, -0.2) is 28.8 Å². The summed E-state index contributed by atoms with van der Waals surface area (Å²) in [5.74, 6) is 0.769. The molecule has 0 radical (unpaired) electrons. The van der Waals surface area contributed by atoms with Crippen LogP contribution in [0, 0.1) is 17.7 Å². The van der Waals surface area contributed by atoms with Gasteiger partial charge in [-0.25, -0.2) is 4.39 Å². The van der Waals surface area contributed by atoms with E-state index >= 15 is 0 Å². The number of nitrogens with one attached hydrogen (secondary N) is 1. The van der Waals surface area contributed by atoms with Crippen molar-refractivity contribution in [2.24, 2.45) is 11.8 Å². The van der Waals surface area contributed by atoms with E-state index in [1.807, 2.05) is 47.8 Å². The van der Waals surface area contributed by atoms with Crippen LogP contribution in [0.2, 0.25) is 0 Å². The van der Waals surface area contributed by atoms with E-state index in [0.717, 1.165) is 10.4 Å². The first-order valence-corrected chi connectivity index (χ1v) is 13.8. The van der Waals surface area contributed by atoms with Gasteiger partial charge in [0.25, 0.3) is 5.91 Å². The summed E-state index contributed by atoms with van der Waals surface area (Å²) in [4.78, 5) is 30.0. The Hall–Kier alpha value is -4.23. The number of anilines is 1. The van der Waals surface area contributed by atoms with Gasteiger partial charge in [-0.1, -0.05) is 48.6 Å². The van der Waals surface area contributed by atoms with Crippen LogP contribution >= 0.6 is 11.3 Å². The lowest BCUT2D eigenvalue weighted by Gasteiger charge is -2.28. The van der Waals surface area contributed by atoms with Crippen molar-refractivity contribution in [1.29, 1.82) is 0 Å². The van der Waals surface area contributed by atoms with Gasteiger partial charge in [-0.05, 0) is 72.0 Å². The van der Waals surface area contributed by atoms with Crippen LogP contribution in [0.1, 0.15) is 16.9 Å². The molecule has 1 aliphatic heterocycles. The molecule has 2 amide bonds. The molecular formula is C32H27FN2O3S. The number of halogens is 1. The normalized spacial score (nSPS) is 21.5. The predicted octanol–water partition coefficient (Wildman–Crippen LogP) is 6.79. The largest absolute Gasteiger partial charge is 0.457 e. The summed E-state index contributed by atoms with van der Waals surface area (Å²) in [7, 11) is 0. The van der Waals surface area contributed by atoms with Gasteiger partial charge in [-0.15, -0.1) is 11.3 Å². The van der Waals surface area contributed by atoms with Gasteiger partial charge < -0.3 is 15.0 Å². The minimum Gasteiger partial charge on any atom is -0.457 e. The van der Waals surface area contributed by atoms with E-state index in [9.17, 15) is 14.0 Å². The van der Waals surface area contributed by atoms with Crippen LogP contribution in [0.15, 0.2) is 102 Å². The molecule has 7 heteroatoms. The minimum absolute atomic E-state index is 0.0197. The van der Waals surface area contributed by atoms with Crippen molar-refractivity contribution in [3.8, 4) is 11.5 Å². The smallest absolute Gasteiger partial charge is 0.250 e. The van der Waals surface area contributed by atoms with E-state index in [-0.39, 0.29) is 29.5 Å². The van der Waals surface area contributed by atoms with Gasteiger partial charge in [0, 0.05) is 28.9 Å². The number of piperidine rings is 1. The summed E-state index contributed by atoms with van der Waals surface area (Å²) < 4.78 is 18.9. The third-order valence-electron chi connectivity index (χ3n) is 7.47. The molecule has 0 spiro atoms. The number of thiophene rings is 1. The molecule has 1 saturated carbocycles. The van der Waals surface area contributed by atoms with Crippen LogP contribution in [0.4, 0.5) is 10.1 Å². The second kappa shape index (κ2) is 10.5. The van der Waals surface area contributed by atoms with Gasteiger partial charge in [0.05, 0.1) is 6.42 Å². The first-order valence-electron chi connectivity index (χ1n) is 12.9. The molecule has 3 aromatic carbocycles. The molecule has 5 nitrogen and oxygen atoms in total. The lowest BCUT2D eigenvalue weighted by atomic mass is 10.0. The van der Waals surface area contributed by atoms with Crippen molar-refractivity contribution in [2.45, 2.75) is 18.4 Å². The molecule has 2 aliphatic rings. The highest BCUT2D eigenvalue weighted by molar-refractivity contribution is 7.10. The SMILES string of the molecule is O=C(Cc1cccs1)N1CC(/C=C/c2ccccc2)C2CC21C(=O)Nc1ccc(Oc2ccc(F)cc2)cc1. The average Bonchev–Trinajstić information content (AvgIpc) is 3.32. The quantitative estimate of drug-likeness (QED) is 0.269. The van der Waals surface area contributed by atoms with Crippen LogP contribution in [-0.2, 0) is 16.0 Å². The first-order chi connectivity index (χ1) is 19.0. The number of hydrogen-bond donors (Lipinski definition) is 1. The van der Waals surface area contributed by atoms with Crippen molar-refractivity contribution in [1.82, 2.24) is 4.90 Å². The number of ether oxygens (including phenoxy) is 1. The van der Waals surface area contributed by atoms with Crippen molar-refractivity contribution < 1.29 is 18.7 Å². The van der Waals surface area contributed by atoms with Crippen molar-refractivity contribution in [3.63, 3.8) is 0 Å². The summed E-state index contributed by atoms with van der Waals surface area (Å²) in [5.41, 5.74) is 0.878. The molecule has 2 heterocycles. The van der Waals surface area contributed by atoms with E-state index in [2.05, 4.69) is 17.5 Å². The monoisotopic (exact) mass is 538 g/mol. The number of benzene rings is 3. The van der Waals surface area contributed by atoms with Crippen LogP contribution in [0.25, 0.3) is 6.08 Å². The van der Waals surface area contributed by atoms with E-state index in [1.54, 1.807) is 52.6 Å². The summed E-state index contributed by atoms with van der Waals surface area (Å²) in [6.07, 6.45) is 5.17. The van der Waals surface area contributed by atoms with Crippen molar-refractivity contribution >= 4 is 34.9 Å². The molecule has 39 heavy (non-hydrogen) atoms. The Morgan fingerprint density at radius 2 is 1.69 bits per heavy atom. The van der Waals surface area contributed by atoms with E-state index in [4.69, 9.17) is 4.74 Å². The van der Waals surface area contributed by atoms with E-state index in [1.165, 1.54) is 12.1 Å². The molecule has 3 atom stereocenters. The molecule has 1 N–H and O–H groups in total. The maximum Gasteiger partial charge on any atom is 0.250 e. The fraction of sp³-hybridized carbons (Fsp3) is 0.188. The maximum absolute atomic E-state index is 13.7. The Kier molecular flexibility index (Phi) is 6.75. The van der Waals surface area contributed by atoms with Gasteiger partial charge >= 0.3 is 0 Å². The highest BCUT2D eigenvalue weighted by atomic mass is 32.1. The number of nitrogens with zero attached hydrogens (tertiary/aromatic N) is 1. The minimum atomic E-state index is -0.844. The molecule has 0 bridgehead atoms. The van der Waals surface area contributed by atoms with Gasteiger partial charge in [0.15, 0.2) is 0 Å². The average molecular weight is 539 g/mol. The van der Waals surface area contributed by atoms with Crippen molar-refractivity contribution in [3.05, 3.63) is 119 Å². The Labute approximate surface area is 230 Å². The molecule has 1 aliphatic carbocycles. The summed E-state index contributed by atoms with van der Waals surface area (Å²) in [5, 5.41) is 5.01. The fourth-order valence-corrected chi connectivity index (χ4v) is 6.13.